The molecule has 3 N–H and O–H groups in total. The Bertz CT molecular complexity index is 31.8. The van der Waals surface area contributed by atoms with E-state index in [4.69, 9.17) is 5.21 Å². The number of nitrogens with two attached hydrogens (primary N) is 1. The first-order valence-electron chi connectivity index (χ1n) is 1.32. The molecule has 0 aromatic carbocycles. The van der Waals surface area contributed by atoms with Crippen molar-refractivity contribution in [2.45, 2.75) is 6.92 Å². The smallest absolute Gasteiger partial charge is 0.0549 e. The van der Waals surface area contributed by atoms with Crippen LogP contribution in [0.25, 0.3) is 0 Å². The summed E-state index contributed by atoms with van der Waals surface area (Å²) < 4.78 is 0. The van der Waals surface area contributed by atoms with E-state index in [1.807, 2.05) is 0 Å². The highest BCUT2D eigenvalue weighted by Crippen LogP contribution is 1.57. The van der Waals surface area contributed by atoms with E-state index in [0.29, 0.717) is 0 Å². The Morgan fingerprint density at radius 3 is 1.83 bits per heavy atom. The van der Waals surface area contributed by atoms with Gasteiger partial charge in [-0.25, -0.2) is 5.90 Å². The molecule has 0 fully saturated rings. The van der Waals surface area contributed by atoms with Crippen LogP contribution in [0, 0.1) is 0 Å². The van der Waals surface area contributed by atoms with Crippen LogP contribution in [-0.2, 0) is 0 Å². The van der Waals surface area contributed by atoms with Gasteiger partial charge >= 0.3 is 0 Å². The lowest BCUT2D eigenvalue weighted by molar-refractivity contribution is -0.300. The molecule has 0 aliphatic rings. The number of hydrogen-bond donors (Lipinski definition) is 2. The van der Waals surface area contributed by atoms with Gasteiger partial charge in [0.15, 0.2) is 0 Å². The van der Waals surface area contributed by atoms with Gasteiger partial charge in [0.25, 0.3) is 0 Å². The zero-order chi connectivity index (χ0) is 5.58. The Kier molecular flexibility index (Phi) is 13.3. The first kappa shape index (κ1) is 9.07. The molecule has 0 aliphatic carbocycles. The Morgan fingerprint density at radius 1 is 1.83 bits per heavy atom. The first-order chi connectivity index (χ1) is 2.73. The largest absolute Gasteiger partial charge is 0.876 e. The van der Waals surface area contributed by atoms with Gasteiger partial charge in [0.2, 0.25) is 0 Å². The van der Waals surface area contributed by atoms with E-state index in [2.05, 4.69) is 12.5 Å². The van der Waals surface area contributed by atoms with Crippen LogP contribution in [0.5, 0.6) is 0 Å². The molecule has 0 heterocycles. The third kappa shape index (κ3) is 71.8. The maximum Gasteiger partial charge on any atom is -0.0549 e. The van der Waals surface area contributed by atoms with Crippen molar-refractivity contribution < 1.29 is 10.3 Å². The second-order valence-corrected chi connectivity index (χ2v) is 0.702. The van der Waals surface area contributed by atoms with Gasteiger partial charge in [-0.1, -0.05) is 6.92 Å². The monoisotopic (exact) mass is 90.1 g/mol. The van der Waals surface area contributed by atoms with Gasteiger partial charge in [0.1, 0.15) is 0 Å². The summed E-state index contributed by atoms with van der Waals surface area (Å²) >= 11 is 0. The van der Waals surface area contributed by atoms with Crippen LogP contribution < -0.4 is 11.0 Å². The minimum absolute atomic E-state index is 0.0833. The molecular formula is C3H8NO2-. The van der Waals surface area contributed by atoms with E-state index in [9.17, 15) is 5.11 Å². The molecule has 0 rings (SSSR count). The summed E-state index contributed by atoms with van der Waals surface area (Å²) in [7, 11) is 0. The molecular weight excluding hydrogens is 82.0 g/mol. The Morgan fingerprint density at radius 2 is 1.83 bits per heavy atom. The zero-order valence-electron chi connectivity index (χ0n) is 3.64. The molecule has 0 saturated carbocycles. The molecule has 0 atom stereocenters. The molecule has 0 bridgehead atoms. The highest BCUT2D eigenvalue weighted by Gasteiger charge is 1.36. The highest BCUT2D eigenvalue weighted by atomic mass is 16.4. The van der Waals surface area contributed by atoms with E-state index < -0.39 is 0 Å². The third-order valence-electron chi connectivity index (χ3n) is 0. The topological polar surface area (TPSA) is 69.3 Å². The summed E-state index contributed by atoms with van der Waals surface area (Å²) in [6.07, 6.45) is 0. The van der Waals surface area contributed by atoms with Crippen molar-refractivity contribution in [3.8, 4) is 0 Å². The molecule has 0 spiro atoms. The zero-order valence-corrected chi connectivity index (χ0v) is 3.64. The molecule has 6 heavy (non-hydrogen) atoms. The Labute approximate surface area is 36.7 Å². The minimum Gasteiger partial charge on any atom is -0.876 e. The number of allylic oxidation sites excluding steroid dienone is 1. The van der Waals surface area contributed by atoms with Gasteiger partial charge in [-0.05, 0) is 0 Å². The summed E-state index contributed by atoms with van der Waals surface area (Å²) in [5.74, 6) is 3.42. The van der Waals surface area contributed by atoms with Crippen LogP contribution in [0.3, 0.4) is 0 Å². The van der Waals surface area contributed by atoms with Gasteiger partial charge in [-0.3, -0.25) is 0 Å². The second kappa shape index (κ2) is 8.82. The van der Waals surface area contributed by atoms with Crippen LogP contribution in [-0.4, -0.2) is 5.21 Å². The lowest BCUT2D eigenvalue weighted by Gasteiger charge is -1.92. The average Bonchev–Trinajstić information content (AvgIpc) is 1.41. The molecule has 3 nitrogen and oxygen atoms in total. The average molecular weight is 90.1 g/mol. The van der Waals surface area contributed by atoms with E-state index in [1.54, 1.807) is 0 Å². The molecule has 0 aliphatic heterocycles. The maximum atomic E-state index is 9.33. The van der Waals surface area contributed by atoms with Crippen molar-refractivity contribution in [2.75, 3.05) is 0 Å². The van der Waals surface area contributed by atoms with Gasteiger partial charge in [-0.15, -0.1) is 12.3 Å². The number of rotatable bonds is 0. The van der Waals surface area contributed by atoms with E-state index >= 15 is 0 Å². The normalized spacial score (nSPS) is 5.17. The van der Waals surface area contributed by atoms with Gasteiger partial charge < -0.3 is 10.3 Å². The predicted molar refractivity (Wildman–Crippen MR) is 20.8 cm³/mol. The fourth-order valence-electron chi connectivity index (χ4n) is 0. The summed E-state index contributed by atoms with van der Waals surface area (Å²) in [4.78, 5) is 0. The molecule has 0 saturated heterocycles. The van der Waals surface area contributed by atoms with Crippen LogP contribution >= 0.6 is 0 Å². The van der Waals surface area contributed by atoms with E-state index in [1.165, 1.54) is 6.92 Å². The van der Waals surface area contributed by atoms with Crippen molar-refractivity contribution in [1.82, 2.24) is 0 Å². The van der Waals surface area contributed by atoms with Gasteiger partial charge in [-0.2, -0.15) is 0 Å². The predicted octanol–water partition coefficient (Wildman–Crippen LogP) is -0.785. The number of hydrogen-bond acceptors (Lipinski definition) is 3. The van der Waals surface area contributed by atoms with Crippen molar-refractivity contribution in [3.63, 3.8) is 0 Å². The van der Waals surface area contributed by atoms with E-state index in [-0.39, 0.29) is 5.76 Å². The Hall–Kier alpha value is -0.540. The van der Waals surface area contributed by atoms with E-state index in [0.717, 1.165) is 0 Å². The third-order valence-corrected chi connectivity index (χ3v) is 0. The van der Waals surface area contributed by atoms with Crippen molar-refractivity contribution in [1.29, 1.82) is 0 Å². The second-order valence-electron chi connectivity index (χ2n) is 0.702. The SMILES string of the molecule is C=C(C)[O-].NO. The lowest BCUT2D eigenvalue weighted by atomic mass is 10.7. The molecule has 0 radical (unpaired) electrons. The Balaban J connectivity index is 0. The molecule has 0 aromatic rings. The first-order valence-corrected chi connectivity index (χ1v) is 1.32. The fraction of sp³-hybridized carbons (Fsp3) is 0.333. The molecule has 0 aromatic heterocycles. The van der Waals surface area contributed by atoms with Crippen molar-refractivity contribution in [2.24, 2.45) is 5.90 Å². The summed E-state index contributed by atoms with van der Waals surface area (Å²) in [6.45, 7) is 4.42. The van der Waals surface area contributed by atoms with Gasteiger partial charge in [0.05, 0.1) is 0 Å². The molecule has 0 unspecified atom stereocenters. The molecule has 0 amide bonds. The highest BCUT2D eigenvalue weighted by molar-refractivity contribution is 4.64. The van der Waals surface area contributed by atoms with Crippen molar-refractivity contribution >= 4 is 0 Å². The summed E-state index contributed by atoms with van der Waals surface area (Å²) in [5, 5.41) is 15.8. The molecule has 3 heteroatoms. The maximum absolute atomic E-state index is 9.33. The van der Waals surface area contributed by atoms with Crippen LogP contribution in [0.1, 0.15) is 6.92 Å². The minimum atomic E-state index is -0.0833. The quantitative estimate of drug-likeness (QED) is 0.302. The summed E-state index contributed by atoms with van der Waals surface area (Å²) in [6, 6.07) is 0. The summed E-state index contributed by atoms with van der Waals surface area (Å²) in [5.41, 5.74) is 0. The van der Waals surface area contributed by atoms with Crippen LogP contribution in [0.15, 0.2) is 12.3 Å². The fourth-order valence-corrected chi connectivity index (χ4v) is 0. The van der Waals surface area contributed by atoms with Crippen LogP contribution in [0.2, 0.25) is 0 Å². The van der Waals surface area contributed by atoms with Gasteiger partial charge in [0, 0.05) is 0 Å². The molecule has 38 valence electrons. The lowest BCUT2D eigenvalue weighted by Crippen LogP contribution is -1.92. The standard InChI is InChI=1S/C3H6O.H3NO/c1-3(2)4;1-2/h4H,1H2,2H3;2H,1H2/p-1. The van der Waals surface area contributed by atoms with Crippen LogP contribution in [0.4, 0.5) is 0 Å². The van der Waals surface area contributed by atoms with Crippen molar-refractivity contribution in [3.05, 3.63) is 12.3 Å².